The van der Waals surface area contributed by atoms with Crippen LogP contribution in [0, 0.1) is 0 Å². The molecule has 2 fully saturated rings. The monoisotopic (exact) mass is 470 g/mol. The number of fused-ring (bicyclic) bond motifs is 1. The van der Waals surface area contributed by atoms with Crippen LogP contribution in [0.3, 0.4) is 0 Å². The number of aryl methyl sites for hydroxylation is 1. The van der Waals surface area contributed by atoms with Crippen LogP contribution in [0.4, 0.5) is 11.8 Å². The fraction of sp³-hybridized carbons (Fsp3) is 0.542. The summed E-state index contributed by atoms with van der Waals surface area (Å²) in [5.41, 5.74) is 1.72. The number of hydrogen-bond acceptors (Lipinski definition) is 7. The van der Waals surface area contributed by atoms with Gasteiger partial charge in [0.25, 0.3) is 0 Å². The Labute approximate surface area is 198 Å². The number of ether oxygens (including phenoxy) is 1. The van der Waals surface area contributed by atoms with E-state index in [1.54, 1.807) is 6.20 Å². The molecule has 4 heterocycles. The van der Waals surface area contributed by atoms with Crippen molar-refractivity contribution in [1.82, 2.24) is 24.6 Å². The molecule has 8 nitrogen and oxygen atoms in total. The van der Waals surface area contributed by atoms with Crippen molar-refractivity contribution in [2.24, 2.45) is 0 Å². The van der Waals surface area contributed by atoms with E-state index < -0.39 is 6.10 Å². The van der Waals surface area contributed by atoms with Crippen molar-refractivity contribution in [3.8, 4) is 0 Å². The molecule has 5 rings (SSSR count). The number of aliphatic hydroxyl groups excluding tert-OH is 1. The van der Waals surface area contributed by atoms with Gasteiger partial charge in [-0.1, -0.05) is 18.5 Å². The summed E-state index contributed by atoms with van der Waals surface area (Å²) in [5, 5.41) is 19.7. The van der Waals surface area contributed by atoms with Gasteiger partial charge >= 0.3 is 0 Å². The van der Waals surface area contributed by atoms with Gasteiger partial charge in [-0.3, -0.25) is 4.90 Å². The van der Waals surface area contributed by atoms with E-state index >= 15 is 0 Å². The van der Waals surface area contributed by atoms with E-state index in [1.807, 2.05) is 23.0 Å². The molecular weight excluding hydrogens is 440 g/mol. The van der Waals surface area contributed by atoms with E-state index in [0.29, 0.717) is 25.1 Å². The highest BCUT2D eigenvalue weighted by molar-refractivity contribution is 6.32. The molecule has 2 aliphatic heterocycles. The molecule has 0 spiro atoms. The average Bonchev–Trinajstić information content (AvgIpc) is 3.40. The van der Waals surface area contributed by atoms with Crippen LogP contribution in [0.5, 0.6) is 0 Å². The number of hydrogen-bond donors (Lipinski definition) is 2. The quantitative estimate of drug-likeness (QED) is 0.563. The number of aliphatic hydroxyl groups is 1. The van der Waals surface area contributed by atoms with Crippen molar-refractivity contribution in [2.75, 3.05) is 31.6 Å². The molecule has 33 heavy (non-hydrogen) atoms. The van der Waals surface area contributed by atoms with Gasteiger partial charge in [-0.25, -0.2) is 14.6 Å². The average molecular weight is 471 g/mol. The number of halogens is 1. The van der Waals surface area contributed by atoms with Crippen molar-refractivity contribution in [2.45, 2.75) is 57.2 Å². The van der Waals surface area contributed by atoms with E-state index in [0.717, 1.165) is 66.2 Å². The van der Waals surface area contributed by atoms with Crippen molar-refractivity contribution >= 4 is 34.3 Å². The number of anilines is 2. The molecule has 2 atom stereocenters. The topological polar surface area (TPSA) is 88.3 Å². The molecule has 2 N–H and O–H groups in total. The second-order valence-electron chi connectivity index (χ2n) is 9.34. The van der Waals surface area contributed by atoms with Crippen molar-refractivity contribution in [3.05, 3.63) is 41.2 Å². The number of aromatic nitrogens is 4. The maximum atomic E-state index is 10.4. The maximum Gasteiger partial charge on any atom is 0.228 e. The third kappa shape index (κ3) is 4.33. The van der Waals surface area contributed by atoms with Crippen LogP contribution >= 0.6 is 11.6 Å². The zero-order valence-electron chi connectivity index (χ0n) is 19.2. The molecule has 0 bridgehead atoms. The molecule has 2 aliphatic rings. The molecule has 9 heteroatoms. The lowest BCUT2D eigenvalue weighted by Crippen LogP contribution is -2.56. The predicted molar refractivity (Wildman–Crippen MR) is 129 cm³/mol. The Hall–Kier alpha value is -2.26. The molecule has 1 unspecified atom stereocenters. The van der Waals surface area contributed by atoms with Gasteiger partial charge in [0.05, 0.1) is 36.6 Å². The van der Waals surface area contributed by atoms with Crippen LogP contribution in [0.1, 0.15) is 44.6 Å². The van der Waals surface area contributed by atoms with Gasteiger partial charge in [0.2, 0.25) is 5.95 Å². The third-order valence-electron chi connectivity index (χ3n) is 7.14. The second-order valence-corrected chi connectivity index (χ2v) is 9.75. The Morgan fingerprint density at radius 3 is 2.85 bits per heavy atom. The summed E-state index contributed by atoms with van der Waals surface area (Å²) in [6.45, 7) is 7.89. The van der Waals surface area contributed by atoms with Crippen LogP contribution in [-0.2, 0) is 11.3 Å². The zero-order chi connectivity index (χ0) is 23.0. The molecule has 3 aromatic rings. The van der Waals surface area contributed by atoms with E-state index in [1.165, 1.54) is 0 Å². The van der Waals surface area contributed by atoms with Gasteiger partial charge in [-0.2, -0.15) is 5.10 Å². The van der Waals surface area contributed by atoms with Crippen LogP contribution in [-0.4, -0.2) is 67.7 Å². The highest BCUT2D eigenvalue weighted by Gasteiger charge is 2.45. The van der Waals surface area contributed by atoms with E-state index in [-0.39, 0.29) is 5.54 Å². The molecule has 0 amide bonds. The first-order valence-electron chi connectivity index (χ1n) is 11.7. The normalized spacial score (nSPS) is 24.5. The lowest BCUT2D eigenvalue weighted by atomic mass is 9.85. The van der Waals surface area contributed by atoms with Crippen molar-refractivity contribution in [1.29, 1.82) is 0 Å². The molecule has 0 aliphatic carbocycles. The number of rotatable bonds is 6. The van der Waals surface area contributed by atoms with Gasteiger partial charge in [-0.15, -0.1) is 0 Å². The van der Waals surface area contributed by atoms with Crippen LogP contribution in [0.25, 0.3) is 10.9 Å². The molecule has 176 valence electrons. The first-order valence-corrected chi connectivity index (χ1v) is 12.1. The van der Waals surface area contributed by atoms with Gasteiger partial charge in [0.1, 0.15) is 5.82 Å². The van der Waals surface area contributed by atoms with Gasteiger partial charge in [0, 0.05) is 29.2 Å². The second kappa shape index (κ2) is 9.18. The van der Waals surface area contributed by atoms with Gasteiger partial charge in [0.15, 0.2) is 0 Å². The molecule has 0 radical (unpaired) electrons. The SMILES string of the molecule is CCCn1nccc1Nc1ncc2cc(Cl)c(C3CCN([C@]4(C)COCC4O)CC3)cc2n1. The Bertz CT molecular complexity index is 1130. The molecule has 0 saturated carbocycles. The summed E-state index contributed by atoms with van der Waals surface area (Å²) >= 11 is 6.70. The van der Waals surface area contributed by atoms with Crippen molar-refractivity contribution < 1.29 is 9.84 Å². The summed E-state index contributed by atoms with van der Waals surface area (Å²) in [7, 11) is 0. The highest BCUT2D eigenvalue weighted by atomic mass is 35.5. The maximum absolute atomic E-state index is 10.4. The van der Waals surface area contributed by atoms with Crippen molar-refractivity contribution in [3.63, 3.8) is 0 Å². The smallest absolute Gasteiger partial charge is 0.228 e. The number of piperidine rings is 1. The molecule has 2 aromatic heterocycles. The number of nitrogens with zero attached hydrogens (tertiary/aromatic N) is 5. The van der Waals surface area contributed by atoms with Gasteiger partial charge in [-0.05, 0) is 62.9 Å². The first kappa shape index (κ1) is 22.5. The fourth-order valence-electron chi connectivity index (χ4n) is 5.04. The van der Waals surface area contributed by atoms with E-state index in [2.05, 4.69) is 40.2 Å². The minimum absolute atomic E-state index is 0.295. The summed E-state index contributed by atoms with van der Waals surface area (Å²) in [5.74, 6) is 1.79. The lowest BCUT2D eigenvalue weighted by Gasteiger charge is -2.43. The standard InChI is InChI=1S/C24H31ClN6O2/c1-3-8-31-22(4-7-27-31)29-23-26-13-17-11-19(25)18(12-20(17)28-23)16-5-9-30(10-6-16)24(2)15-33-14-21(24)32/h4,7,11-13,16,21,32H,3,5-6,8-10,14-15H2,1-2H3,(H,26,28,29)/t21?,24-/m1/s1. The number of likely N-dealkylation sites (tertiary alicyclic amines) is 1. The van der Waals surface area contributed by atoms with E-state index in [9.17, 15) is 5.11 Å². The predicted octanol–water partition coefficient (Wildman–Crippen LogP) is 3.96. The Balaban J connectivity index is 1.34. The molecule has 2 saturated heterocycles. The minimum Gasteiger partial charge on any atom is -0.389 e. The molecular formula is C24H31ClN6O2. The Morgan fingerprint density at radius 1 is 1.30 bits per heavy atom. The van der Waals surface area contributed by atoms with E-state index in [4.69, 9.17) is 21.3 Å². The highest BCUT2D eigenvalue weighted by Crippen LogP contribution is 2.38. The third-order valence-corrected chi connectivity index (χ3v) is 7.46. The molecule has 1 aromatic carbocycles. The summed E-state index contributed by atoms with van der Waals surface area (Å²) in [6, 6.07) is 6.01. The van der Waals surface area contributed by atoms with Gasteiger partial charge < -0.3 is 15.2 Å². The zero-order valence-corrected chi connectivity index (χ0v) is 19.9. The summed E-state index contributed by atoms with van der Waals surface area (Å²) < 4.78 is 7.45. The first-order chi connectivity index (χ1) is 16.0. The Morgan fingerprint density at radius 2 is 2.12 bits per heavy atom. The summed E-state index contributed by atoms with van der Waals surface area (Å²) in [4.78, 5) is 11.6. The van der Waals surface area contributed by atoms with Crippen LogP contribution in [0.15, 0.2) is 30.6 Å². The fourth-order valence-corrected chi connectivity index (χ4v) is 5.37. The van der Waals surface area contributed by atoms with Crippen LogP contribution in [0.2, 0.25) is 5.02 Å². The number of benzene rings is 1. The summed E-state index contributed by atoms with van der Waals surface area (Å²) in [6.07, 6.45) is 6.13. The minimum atomic E-state index is -0.436. The Kier molecular flexibility index (Phi) is 6.26. The van der Waals surface area contributed by atoms with Crippen LogP contribution < -0.4 is 5.32 Å². The lowest BCUT2D eigenvalue weighted by molar-refractivity contribution is -0.00211. The number of nitrogens with one attached hydrogen (secondary N) is 1. The largest absolute Gasteiger partial charge is 0.389 e.